The van der Waals surface area contributed by atoms with Gasteiger partial charge in [0.25, 0.3) is 0 Å². The maximum absolute atomic E-state index is 6.24. The van der Waals surface area contributed by atoms with Gasteiger partial charge < -0.3 is 4.42 Å². The fourth-order valence-electron chi connectivity index (χ4n) is 4.73. The molecule has 0 amide bonds. The molecule has 6 aromatic rings. The highest BCUT2D eigenvalue weighted by atomic mass is 16.3. The summed E-state index contributed by atoms with van der Waals surface area (Å²) in [6.07, 6.45) is 1.04. The molecule has 1 heteroatoms. The molecule has 0 saturated carbocycles. The lowest BCUT2D eigenvalue weighted by Crippen LogP contribution is -1.88. The summed E-state index contributed by atoms with van der Waals surface area (Å²) in [4.78, 5) is 0. The molecule has 31 heavy (non-hydrogen) atoms. The van der Waals surface area contributed by atoms with Crippen molar-refractivity contribution in [2.75, 3.05) is 0 Å². The van der Waals surface area contributed by atoms with Crippen LogP contribution in [0.1, 0.15) is 12.5 Å². The van der Waals surface area contributed by atoms with Gasteiger partial charge in [0.2, 0.25) is 0 Å². The molecule has 0 aliphatic rings. The van der Waals surface area contributed by atoms with Crippen LogP contribution in [0.2, 0.25) is 0 Å². The topological polar surface area (TPSA) is 13.1 Å². The zero-order valence-electron chi connectivity index (χ0n) is 17.4. The zero-order valence-corrected chi connectivity index (χ0v) is 17.4. The molecular formula is C30H22O. The second-order valence-corrected chi connectivity index (χ2v) is 8.03. The minimum Gasteiger partial charge on any atom is -0.455 e. The number of hydrogen-bond donors (Lipinski definition) is 0. The first kappa shape index (κ1) is 18.0. The van der Waals surface area contributed by atoms with E-state index in [1.807, 2.05) is 12.1 Å². The first-order valence-electron chi connectivity index (χ1n) is 10.8. The molecule has 1 aromatic heterocycles. The second kappa shape index (κ2) is 7.14. The van der Waals surface area contributed by atoms with Gasteiger partial charge in [0.15, 0.2) is 0 Å². The van der Waals surface area contributed by atoms with E-state index in [2.05, 4.69) is 97.9 Å². The Morgan fingerprint density at radius 2 is 1.16 bits per heavy atom. The second-order valence-electron chi connectivity index (χ2n) is 8.03. The normalized spacial score (nSPS) is 11.5. The Hall–Kier alpha value is -3.84. The van der Waals surface area contributed by atoms with Crippen molar-refractivity contribution in [1.29, 1.82) is 0 Å². The van der Waals surface area contributed by atoms with Crippen molar-refractivity contribution in [3.05, 3.63) is 109 Å². The van der Waals surface area contributed by atoms with Crippen molar-refractivity contribution in [3.63, 3.8) is 0 Å². The van der Waals surface area contributed by atoms with Gasteiger partial charge in [-0.15, -0.1) is 0 Å². The Bertz CT molecular complexity index is 1550. The highest BCUT2D eigenvalue weighted by Gasteiger charge is 2.12. The summed E-state index contributed by atoms with van der Waals surface area (Å²) in [6, 6.07) is 36.7. The zero-order chi connectivity index (χ0) is 20.8. The summed E-state index contributed by atoms with van der Waals surface area (Å²) < 4.78 is 6.24. The number of rotatable bonds is 3. The summed E-state index contributed by atoms with van der Waals surface area (Å²) in [7, 11) is 0. The molecule has 0 unspecified atom stereocenters. The first-order chi connectivity index (χ1) is 15.3. The molecule has 0 N–H and O–H groups in total. The van der Waals surface area contributed by atoms with Crippen molar-refractivity contribution >= 4 is 32.7 Å². The molecular weight excluding hydrogens is 376 g/mol. The fourth-order valence-corrected chi connectivity index (χ4v) is 4.73. The molecule has 0 bridgehead atoms. The Balaban J connectivity index is 1.48. The third-order valence-corrected chi connectivity index (χ3v) is 6.31. The summed E-state index contributed by atoms with van der Waals surface area (Å²) >= 11 is 0. The number of fused-ring (bicyclic) bond motifs is 4. The maximum Gasteiger partial charge on any atom is 0.143 e. The third kappa shape index (κ3) is 2.85. The lowest BCUT2D eigenvalue weighted by Gasteiger charge is -2.11. The van der Waals surface area contributed by atoms with Gasteiger partial charge in [-0.1, -0.05) is 104 Å². The van der Waals surface area contributed by atoms with Crippen LogP contribution in [0.15, 0.2) is 108 Å². The van der Waals surface area contributed by atoms with E-state index in [9.17, 15) is 0 Å². The largest absolute Gasteiger partial charge is 0.455 e. The predicted molar refractivity (Wildman–Crippen MR) is 131 cm³/mol. The Morgan fingerprint density at radius 3 is 1.94 bits per heavy atom. The number of hydrogen-bond acceptors (Lipinski definition) is 1. The number of furan rings is 1. The Labute approximate surface area is 181 Å². The van der Waals surface area contributed by atoms with Crippen molar-refractivity contribution in [1.82, 2.24) is 0 Å². The lowest BCUT2D eigenvalue weighted by atomic mass is 9.93. The van der Waals surface area contributed by atoms with Crippen molar-refractivity contribution in [2.24, 2.45) is 0 Å². The van der Waals surface area contributed by atoms with E-state index in [1.165, 1.54) is 43.8 Å². The van der Waals surface area contributed by atoms with E-state index < -0.39 is 0 Å². The summed E-state index contributed by atoms with van der Waals surface area (Å²) in [6.45, 7) is 2.22. The molecule has 1 heterocycles. The van der Waals surface area contributed by atoms with Crippen molar-refractivity contribution < 1.29 is 4.42 Å². The van der Waals surface area contributed by atoms with E-state index in [-0.39, 0.29) is 0 Å². The average Bonchev–Trinajstić information content (AvgIpc) is 3.22. The van der Waals surface area contributed by atoms with Gasteiger partial charge in [0, 0.05) is 16.3 Å². The van der Waals surface area contributed by atoms with Crippen LogP contribution in [-0.2, 0) is 6.42 Å². The minimum absolute atomic E-state index is 0.934. The van der Waals surface area contributed by atoms with Crippen LogP contribution in [0.4, 0.5) is 0 Å². The van der Waals surface area contributed by atoms with E-state index in [0.29, 0.717) is 0 Å². The monoisotopic (exact) mass is 398 g/mol. The smallest absolute Gasteiger partial charge is 0.143 e. The first-order valence-corrected chi connectivity index (χ1v) is 10.8. The quantitative estimate of drug-likeness (QED) is 0.291. The van der Waals surface area contributed by atoms with E-state index in [1.54, 1.807) is 0 Å². The summed E-state index contributed by atoms with van der Waals surface area (Å²) in [5.74, 6) is 0. The highest BCUT2D eigenvalue weighted by molar-refractivity contribution is 6.09. The molecule has 6 rings (SSSR count). The van der Waals surface area contributed by atoms with Gasteiger partial charge in [-0.3, -0.25) is 0 Å². The van der Waals surface area contributed by atoms with Crippen LogP contribution in [0.5, 0.6) is 0 Å². The predicted octanol–water partition coefficient (Wildman–Crippen LogP) is 8.64. The van der Waals surface area contributed by atoms with Gasteiger partial charge in [-0.25, -0.2) is 0 Å². The molecule has 0 atom stereocenters. The van der Waals surface area contributed by atoms with Crippen molar-refractivity contribution in [3.8, 4) is 22.3 Å². The molecule has 0 aliphatic carbocycles. The number of aryl methyl sites for hydroxylation is 1. The van der Waals surface area contributed by atoms with Crippen LogP contribution in [-0.4, -0.2) is 0 Å². The molecule has 0 radical (unpaired) electrons. The molecule has 148 valence electrons. The number of para-hydroxylation sites is 2. The highest BCUT2D eigenvalue weighted by Crippen LogP contribution is 2.37. The van der Waals surface area contributed by atoms with Gasteiger partial charge in [-0.05, 0) is 45.5 Å². The Morgan fingerprint density at radius 1 is 0.516 bits per heavy atom. The maximum atomic E-state index is 6.24. The number of benzene rings is 5. The molecule has 0 spiro atoms. The molecule has 5 aromatic carbocycles. The average molecular weight is 399 g/mol. The van der Waals surface area contributed by atoms with Gasteiger partial charge in [0.05, 0.1) is 0 Å². The van der Waals surface area contributed by atoms with Crippen LogP contribution < -0.4 is 0 Å². The summed E-state index contributed by atoms with van der Waals surface area (Å²) in [5, 5.41) is 4.99. The fraction of sp³-hybridized carbons (Fsp3) is 0.0667. The van der Waals surface area contributed by atoms with Crippen LogP contribution in [0.25, 0.3) is 55.0 Å². The third-order valence-electron chi connectivity index (χ3n) is 6.31. The van der Waals surface area contributed by atoms with Crippen LogP contribution >= 0.6 is 0 Å². The summed E-state index contributed by atoms with van der Waals surface area (Å²) in [5.41, 5.74) is 8.10. The lowest BCUT2D eigenvalue weighted by molar-refractivity contribution is 0.670. The SMILES string of the molecule is CCc1ccc(-c2ccc(-c3cccc4c3oc3ccccc34)cc2)c2ccccc12. The molecule has 0 aliphatic heterocycles. The van der Waals surface area contributed by atoms with Crippen LogP contribution in [0, 0.1) is 0 Å². The standard InChI is InChI=1S/C30H22O/c1-2-20-18-19-24(26-9-4-3-8-23(20)26)21-14-16-22(17-15-21)25-11-7-12-28-27-10-5-6-13-29(27)31-30(25)28/h3-19H,2H2,1H3. The van der Waals surface area contributed by atoms with E-state index in [0.717, 1.165) is 23.2 Å². The van der Waals surface area contributed by atoms with Crippen LogP contribution in [0.3, 0.4) is 0 Å². The van der Waals surface area contributed by atoms with Crippen molar-refractivity contribution in [2.45, 2.75) is 13.3 Å². The molecule has 0 fully saturated rings. The molecule has 0 saturated heterocycles. The Kier molecular flexibility index (Phi) is 4.14. The van der Waals surface area contributed by atoms with E-state index >= 15 is 0 Å². The van der Waals surface area contributed by atoms with E-state index in [4.69, 9.17) is 4.42 Å². The van der Waals surface area contributed by atoms with Gasteiger partial charge >= 0.3 is 0 Å². The molecule has 1 nitrogen and oxygen atoms in total. The van der Waals surface area contributed by atoms with Gasteiger partial charge in [-0.2, -0.15) is 0 Å². The van der Waals surface area contributed by atoms with Gasteiger partial charge in [0.1, 0.15) is 11.2 Å². The minimum atomic E-state index is 0.934.